The molecule has 1 N–H and O–H groups in total. The molecule has 0 saturated heterocycles. The van der Waals surface area contributed by atoms with Gasteiger partial charge in [-0.05, 0) is 50.1 Å². The Bertz CT molecular complexity index is 167. The normalized spacial score (nSPS) is 34.0. The highest BCUT2D eigenvalue weighted by atomic mass is 14.8. The summed E-state index contributed by atoms with van der Waals surface area (Å²) < 4.78 is 0. The minimum Gasteiger partial charge on any atom is -0.319 e. The topological polar surface area (TPSA) is 12.0 Å². The van der Waals surface area contributed by atoms with Crippen molar-refractivity contribution in [3.8, 4) is 0 Å². The molecule has 90 valence electrons. The number of rotatable bonds is 5. The second-order valence-corrected chi connectivity index (χ2v) is 5.67. The third-order valence-corrected chi connectivity index (χ3v) is 4.25. The first kappa shape index (κ1) is 13.0. The van der Waals surface area contributed by atoms with E-state index in [1.807, 2.05) is 0 Å². The van der Waals surface area contributed by atoms with Crippen LogP contribution < -0.4 is 5.32 Å². The number of hydrogen-bond acceptors (Lipinski definition) is 1. The molecule has 0 aromatic carbocycles. The van der Waals surface area contributed by atoms with Crippen LogP contribution in [0.4, 0.5) is 0 Å². The summed E-state index contributed by atoms with van der Waals surface area (Å²) in [7, 11) is 2.10. The Morgan fingerprint density at radius 2 is 2.07 bits per heavy atom. The standard InChI is InChI=1S/C14H29N/c1-5-6-12(3)14-9-11(2)7-8-13(14)10-15-4/h11-15H,5-10H2,1-4H3. The molecule has 1 rings (SSSR count). The first-order chi connectivity index (χ1) is 7.19. The van der Waals surface area contributed by atoms with Gasteiger partial charge in [0.15, 0.2) is 0 Å². The van der Waals surface area contributed by atoms with Gasteiger partial charge in [0.05, 0.1) is 0 Å². The highest BCUT2D eigenvalue weighted by molar-refractivity contribution is 4.82. The molecule has 0 aromatic rings. The minimum atomic E-state index is 0.927. The lowest BCUT2D eigenvalue weighted by Crippen LogP contribution is -2.34. The SMILES string of the molecule is CCCC(C)C1CC(C)CCC1CNC. The average Bonchev–Trinajstić information content (AvgIpc) is 2.21. The van der Waals surface area contributed by atoms with Gasteiger partial charge >= 0.3 is 0 Å². The van der Waals surface area contributed by atoms with E-state index in [4.69, 9.17) is 0 Å². The van der Waals surface area contributed by atoms with Gasteiger partial charge in [-0.1, -0.05) is 40.0 Å². The van der Waals surface area contributed by atoms with E-state index < -0.39 is 0 Å². The second kappa shape index (κ2) is 6.52. The molecule has 1 saturated carbocycles. The molecule has 1 nitrogen and oxygen atoms in total. The molecule has 1 fully saturated rings. The third kappa shape index (κ3) is 3.79. The van der Waals surface area contributed by atoms with E-state index in [9.17, 15) is 0 Å². The van der Waals surface area contributed by atoms with Crippen LogP contribution in [-0.4, -0.2) is 13.6 Å². The van der Waals surface area contributed by atoms with Crippen molar-refractivity contribution in [2.24, 2.45) is 23.7 Å². The number of hydrogen-bond donors (Lipinski definition) is 1. The van der Waals surface area contributed by atoms with Crippen molar-refractivity contribution in [2.45, 2.75) is 52.9 Å². The maximum Gasteiger partial charge on any atom is -0.00208 e. The molecular weight excluding hydrogens is 182 g/mol. The summed E-state index contributed by atoms with van der Waals surface area (Å²) in [5, 5.41) is 3.38. The average molecular weight is 211 g/mol. The zero-order valence-corrected chi connectivity index (χ0v) is 11.1. The smallest absolute Gasteiger partial charge is 0.00208 e. The van der Waals surface area contributed by atoms with Gasteiger partial charge in [-0.25, -0.2) is 0 Å². The summed E-state index contributed by atoms with van der Waals surface area (Å²) in [4.78, 5) is 0. The Kier molecular flexibility index (Phi) is 5.66. The van der Waals surface area contributed by atoms with Crippen LogP contribution in [0.5, 0.6) is 0 Å². The van der Waals surface area contributed by atoms with Crippen LogP contribution in [0.15, 0.2) is 0 Å². The molecule has 0 heterocycles. The molecular formula is C14H29N. The van der Waals surface area contributed by atoms with Crippen molar-refractivity contribution in [1.29, 1.82) is 0 Å². The van der Waals surface area contributed by atoms with Crippen molar-refractivity contribution in [2.75, 3.05) is 13.6 Å². The molecule has 0 bridgehead atoms. The first-order valence-electron chi connectivity index (χ1n) is 6.83. The summed E-state index contributed by atoms with van der Waals surface area (Å²) in [5.74, 6) is 3.80. The molecule has 1 aliphatic rings. The van der Waals surface area contributed by atoms with Gasteiger partial charge in [0, 0.05) is 0 Å². The van der Waals surface area contributed by atoms with E-state index in [2.05, 4.69) is 33.1 Å². The van der Waals surface area contributed by atoms with Gasteiger partial charge in [0.25, 0.3) is 0 Å². The maximum atomic E-state index is 3.38. The Hall–Kier alpha value is -0.0400. The molecule has 0 aromatic heterocycles. The van der Waals surface area contributed by atoms with Crippen molar-refractivity contribution in [3.63, 3.8) is 0 Å². The van der Waals surface area contributed by atoms with Gasteiger partial charge in [0.2, 0.25) is 0 Å². The molecule has 1 aliphatic carbocycles. The summed E-state index contributed by atoms with van der Waals surface area (Å²) in [6.07, 6.45) is 7.12. The van der Waals surface area contributed by atoms with E-state index in [1.54, 1.807) is 0 Å². The Labute approximate surface area is 96.0 Å². The molecule has 1 heteroatoms. The molecule has 15 heavy (non-hydrogen) atoms. The van der Waals surface area contributed by atoms with Crippen LogP contribution >= 0.6 is 0 Å². The highest BCUT2D eigenvalue weighted by Crippen LogP contribution is 2.39. The van der Waals surface area contributed by atoms with Gasteiger partial charge in [-0.2, -0.15) is 0 Å². The van der Waals surface area contributed by atoms with Crippen LogP contribution in [0.3, 0.4) is 0 Å². The monoisotopic (exact) mass is 211 g/mol. The van der Waals surface area contributed by atoms with Crippen molar-refractivity contribution < 1.29 is 0 Å². The fourth-order valence-corrected chi connectivity index (χ4v) is 3.37. The van der Waals surface area contributed by atoms with Crippen molar-refractivity contribution in [3.05, 3.63) is 0 Å². The molecule has 4 atom stereocenters. The van der Waals surface area contributed by atoms with E-state index in [0.29, 0.717) is 0 Å². The molecule has 0 aliphatic heterocycles. The zero-order valence-electron chi connectivity index (χ0n) is 11.1. The first-order valence-corrected chi connectivity index (χ1v) is 6.83. The van der Waals surface area contributed by atoms with Gasteiger partial charge < -0.3 is 5.32 Å². The van der Waals surface area contributed by atoms with Crippen LogP contribution in [0.2, 0.25) is 0 Å². The van der Waals surface area contributed by atoms with Crippen LogP contribution in [-0.2, 0) is 0 Å². The molecule has 4 unspecified atom stereocenters. The summed E-state index contributed by atoms with van der Waals surface area (Å²) in [6.45, 7) is 8.44. The lowest BCUT2D eigenvalue weighted by Gasteiger charge is -2.38. The van der Waals surface area contributed by atoms with Crippen molar-refractivity contribution in [1.82, 2.24) is 5.32 Å². The van der Waals surface area contributed by atoms with Crippen LogP contribution in [0, 0.1) is 23.7 Å². The summed E-state index contributed by atoms with van der Waals surface area (Å²) >= 11 is 0. The fraction of sp³-hybridized carbons (Fsp3) is 1.00. The predicted octanol–water partition coefficient (Wildman–Crippen LogP) is 3.69. The largest absolute Gasteiger partial charge is 0.319 e. The van der Waals surface area contributed by atoms with Crippen LogP contribution in [0.25, 0.3) is 0 Å². The maximum absolute atomic E-state index is 3.38. The lowest BCUT2D eigenvalue weighted by molar-refractivity contribution is 0.128. The van der Waals surface area contributed by atoms with Gasteiger partial charge in [-0.3, -0.25) is 0 Å². The molecule has 0 radical (unpaired) electrons. The number of nitrogens with one attached hydrogen (secondary N) is 1. The van der Waals surface area contributed by atoms with E-state index in [1.165, 1.54) is 38.6 Å². The lowest BCUT2D eigenvalue weighted by atomic mass is 9.68. The van der Waals surface area contributed by atoms with Gasteiger partial charge in [-0.15, -0.1) is 0 Å². The van der Waals surface area contributed by atoms with E-state index >= 15 is 0 Å². The fourth-order valence-electron chi connectivity index (χ4n) is 3.37. The zero-order chi connectivity index (χ0) is 11.3. The summed E-state index contributed by atoms with van der Waals surface area (Å²) in [6, 6.07) is 0. The quantitative estimate of drug-likeness (QED) is 0.731. The van der Waals surface area contributed by atoms with Gasteiger partial charge in [0.1, 0.15) is 0 Å². The third-order valence-electron chi connectivity index (χ3n) is 4.25. The Balaban J connectivity index is 2.52. The van der Waals surface area contributed by atoms with E-state index in [-0.39, 0.29) is 0 Å². The van der Waals surface area contributed by atoms with E-state index in [0.717, 1.165) is 23.7 Å². The molecule has 0 amide bonds. The van der Waals surface area contributed by atoms with Crippen molar-refractivity contribution >= 4 is 0 Å². The van der Waals surface area contributed by atoms with Crippen LogP contribution in [0.1, 0.15) is 52.9 Å². The Morgan fingerprint density at radius 1 is 1.33 bits per heavy atom. The summed E-state index contributed by atoms with van der Waals surface area (Å²) in [5.41, 5.74) is 0. The molecule has 0 spiro atoms. The predicted molar refractivity (Wildman–Crippen MR) is 68.0 cm³/mol. The Morgan fingerprint density at radius 3 is 2.67 bits per heavy atom. The second-order valence-electron chi connectivity index (χ2n) is 5.67. The minimum absolute atomic E-state index is 0.927. The highest BCUT2D eigenvalue weighted by Gasteiger charge is 2.31.